The van der Waals surface area contributed by atoms with Crippen LogP contribution in [0.15, 0.2) is 0 Å². The van der Waals surface area contributed by atoms with Crippen molar-refractivity contribution in [3.8, 4) is 0 Å². The summed E-state index contributed by atoms with van der Waals surface area (Å²) in [7, 11) is 1.58. The van der Waals surface area contributed by atoms with Gasteiger partial charge in [0.25, 0.3) is 5.91 Å². The van der Waals surface area contributed by atoms with E-state index >= 15 is 0 Å². The first-order valence-electron chi connectivity index (χ1n) is 4.85. The Balaban J connectivity index is 2.66. The highest BCUT2D eigenvalue weighted by Gasteiger charge is 2.35. The Kier molecular flexibility index (Phi) is 2.96. The van der Waals surface area contributed by atoms with Crippen molar-refractivity contribution in [2.75, 3.05) is 13.7 Å². The molecular weight excluding hydrogens is 166 g/mol. The molecule has 3 heteroatoms. The summed E-state index contributed by atoms with van der Waals surface area (Å²) in [6, 6.07) is 0.377. The molecule has 1 rings (SSSR count). The standard InChI is InChI=1S/C10H19NO2/c1-8-6-5-7-11(8)9(12)10(2,3)13-4/h8H,5-7H2,1-4H3. The third-order valence-electron chi connectivity index (χ3n) is 2.84. The maximum Gasteiger partial charge on any atom is 0.254 e. The van der Waals surface area contributed by atoms with Gasteiger partial charge in [0.15, 0.2) is 0 Å². The second-order valence-corrected chi connectivity index (χ2v) is 4.20. The molecule has 0 radical (unpaired) electrons. The zero-order valence-corrected chi connectivity index (χ0v) is 8.96. The van der Waals surface area contributed by atoms with E-state index in [-0.39, 0.29) is 5.91 Å². The molecule has 0 bridgehead atoms. The fraction of sp³-hybridized carbons (Fsp3) is 0.900. The van der Waals surface area contributed by atoms with Crippen LogP contribution in [0.25, 0.3) is 0 Å². The Hall–Kier alpha value is -0.570. The lowest BCUT2D eigenvalue weighted by Gasteiger charge is -2.30. The molecule has 1 heterocycles. The predicted molar refractivity (Wildman–Crippen MR) is 51.5 cm³/mol. The van der Waals surface area contributed by atoms with Crippen LogP contribution in [0.1, 0.15) is 33.6 Å². The Morgan fingerprint density at radius 3 is 2.54 bits per heavy atom. The quantitative estimate of drug-likeness (QED) is 0.651. The van der Waals surface area contributed by atoms with Gasteiger partial charge in [-0.05, 0) is 33.6 Å². The maximum absolute atomic E-state index is 11.9. The largest absolute Gasteiger partial charge is 0.369 e. The number of amides is 1. The molecule has 3 nitrogen and oxygen atoms in total. The van der Waals surface area contributed by atoms with Gasteiger partial charge in [-0.1, -0.05) is 0 Å². The van der Waals surface area contributed by atoms with Crippen LogP contribution >= 0.6 is 0 Å². The number of carbonyl (C=O) groups excluding carboxylic acids is 1. The van der Waals surface area contributed by atoms with Gasteiger partial charge in [0.1, 0.15) is 5.60 Å². The van der Waals surface area contributed by atoms with Crippen LogP contribution in [-0.4, -0.2) is 36.1 Å². The average molecular weight is 185 g/mol. The molecule has 76 valence electrons. The molecule has 0 aromatic heterocycles. The van der Waals surface area contributed by atoms with Crippen molar-refractivity contribution in [1.82, 2.24) is 4.90 Å². The first-order chi connectivity index (χ1) is 5.99. The van der Waals surface area contributed by atoms with Crippen LogP contribution in [0.2, 0.25) is 0 Å². The predicted octanol–water partition coefficient (Wildman–Crippen LogP) is 1.42. The minimum Gasteiger partial charge on any atom is -0.369 e. The van der Waals surface area contributed by atoms with Gasteiger partial charge in [0.2, 0.25) is 0 Å². The van der Waals surface area contributed by atoms with Crippen LogP contribution < -0.4 is 0 Å². The van der Waals surface area contributed by atoms with Crippen molar-refractivity contribution in [2.24, 2.45) is 0 Å². The van der Waals surface area contributed by atoms with Gasteiger partial charge < -0.3 is 9.64 Å². The van der Waals surface area contributed by atoms with Gasteiger partial charge in [-0.25, -0.2) is 0 Å². The third-order valence-corrected chi connectivity index (χ3v) is 2.84. The van der Waals surface area contributed by atoms with Crippen molar-refractivity contribution in [3.63, 3.8) is 0 Å². The van der Waals surface area contributed by atoms with Gasteiger partial charge >= 0.3 is 0 Å². The maximum atomic E-state index is 11.9. The number of nitrogens with zero attached hydrogens (tertiary/aromatic N) is 1. The molecule has 1 amide bonds. The number of rotatable bonds is 2. The second-order valence-electron chi connectivity index (χ2n) is 4.20. The number of methoxy groups -OCH3 is 1. The normalized spacial score (nSPS) is 23.7. The summed E-state index contributed by atoms with van der Waals surface area (Å²) in [6.07, 6.45) is 2.23. The van der Waals surface area contributed by atoms with Crippen molar-refractivity contribution in [2.45, 2.75) is 45.3 Å². The van der Waals surface area contributed by atoms with E-state index in [0.29, 0.717) is 6.04 Å². The van der Waals surface area contributed by atoms with Crippen LogP contribution in [0.5, 0.6) is 0 Å². The molecule has 1 aliphatic heterocycles. The van der Waals surface area contributed by atoms with E-state index in [0.717, 1.165) is 19.4 Å². The lowest BCUT2D eigenvalue weighted by molar-refractivity contribution is -0.151. The minimum absolute atomic E-state index is 0.111. The minimum atomic E-state index is -0.668. The fourth-order valence-electron chi connectivity index (χ4n) is 1.67. The molecule has 0 aromatic rings. The molecule has 1 unspecified atom stereocenters. The monoisotopic (exact) mass is 185 g/mol. The number of likely N-dealkylation sites (tertiary alicyclic amines) is 1. The first-order valence-corrected chi connectivity index (χ1v) is 4.85. The van der Waals surface area contributed by atoms with E-state index in [1.165, 1.54) is 0 Å². The van der Waals surface area contributed by atoms with Gasteiger partial charge in [0, 0.05) is 19.7 Å². The number of hydrogen-bond donors (Lipinski definition) is 0. The zero-order chi connectivity index (χ0) is 10.1. The van der Waals surface area contributed by atoms with Gasteiger partial charge in [-0.3, -0.25) is 4.79 Å². The van der Waals surface area contributed by atoms with E-state index in [9.17, 15) is 4.79 Å². The van der Waals surface area contributed by atoms with E-state index in [1.807, 2.05) is 18.7 Å². The molecule has 0 aliphatic carbocycles. The summed E-state index contributed by atoms with van der Waals surface area (Å²) in [6.45, 7) is 6.62. The van der Waals surface area contributed by atoms with E-state index in [4.69, 9.17) is 4.74 Å². The Morgan fingerprint density at radius 2 is 2.15 bits per heavy atom. The SMILES string of the molecule is COC(C)(C)C(=O)N1CCCC1C. The topological polar surface area (TPSA) is 29.5 Å². The number of ether oxygens (including phenoxy) is 1. The number of hydrogen-bond acceptors (Lipinski definition) is 2. The van der Waals surface area contributed by atoms with Crippen LogP contribution in [0, 0.1) is 0 Å². The molecule has 1 fully saturated rings. The lowest BCUT2D eigenvalue weighted by atomic mass is 10.1. The summed E-state index contributed by atoms with van der Waals surface area (Å²) >= 11 is 0. The average Bonchev–Trinajstić information content (AvgIpc) is 2.50. The van der Waals surface area contributed by atoms with Crippen LogP contribution in [0.3, 0.4) is 0 Å². The van der Waals surface area contributed by atoms with Gasteiger partial charge in [0.05, 0.1) is 0 Å². The van der Waals surface area contributed by atoms with E-state index in [1.54, 1.807) is 7.11 Å². The highest BCUT2D eigenvalue weighted by Crippen LogP contribution is 2.22. The molecule has 1 saturated heterocycles. The second kappa shape index (κ2) is 3.66. The Labute approximate surface area is 80.1 Å². The Bertz CT molecular complexity index is 201. The lowest BCUT2D eigenvalue weighted by Crippen LogP contribution is -2.47. The van der Waals surface area contributed by atoms with Gasteiger partial charge in [-0.2, -0.15) is 0 Å². The van der Waals surface area contributed by atoms with E-state index < -0.39 is 5.60 Å². The van der Waals surface area contributed by atoms with Crippen molar-refractivity contribution in [3.05, 3.63) is 0 Å². The fourth-order valence-corrected chi connectivity index (χ4v) is 1.67. The molecule has 0 N–H and O–H groups in total. The van der Waals surface area contributed by atoms with Crippen molar-refractivity contribution >= 4 is 5.91 Å². The summed E-state index contributed by atoms with van der Waals surface area (Å²) in [5.41, 5.74) is -0.668. The smallest absolute Gasteiger partial charge is 0.254 e. The molecule has 13 heavy (non-hydrogen) atoms. The van der Waals surface area contributed by atoms with Crippen LogP contribution in [-0.2, 0) is 9.53 Å². The van der Waals surface area contributed by atoms with Crippen molar-refractivity contribution < 1.29 is 9.53 Å². The highest BCUT2D eigenvalue weighted by molar-refractivity contribution is 5.84. The van der Waals surface area contributed by atoms with Crippen molar-refractivity contribution in [1.29, 1.82) is 0 Å². The number of carbonyl (C=O) groups is 1. The first kappa shape index (κ1) is 10.5. The molecule has 1 atom stereocenters. The molecule has 0 spiro atoms. The third kappa shape index (κ3) is 2.02. The zero-order valence-electron chi connectivity index (χ0n) is 8.96. The molecule has 1 aliphatic rings. The summed E-state index contributed by atoms with van der Waals surface area (Å²) in [4.78, 5) is 13.8. The molecule has 0 aromatic carbocycles. The molecular formula is C10H19NO2. The van der Waals surface area contributed by atoms with Crippen LogP contribution in [0.4, 0.5) is 0 Å². The summed E-state index contributed by atoms with van der Waals surface area (Å²) in [5, 5.41) is 0. The highest BCUT2D eigenvalue weighted by atomic mass is 16.5. The summed E-state index contributed by atoms with van der Waals surface area (Å²) < 4.78 is 5.17. The summed E-state index contributed by atoms with van der Waals surface area (Å²) in [5.74, 6) is 0.111. The Morgan fingerprint density at radius 1 is 1.54 bits per heavy atom. The van der Waals surface area contributed by atoms with E-state index in [2.05, 4.69) is 6.92 Å². The molecule has 0 saturated carbocycles. The van der Waals surface area contributed by atoms with Gasteiger partial charge in [-0.15, -0.1) is 0 Å².